The Bertz CT molecular complexity index is 808. The molecule has 3 rings (SSSR count). The molecule has 118 valence electrons. The van der Waals surface area contributed by atoms with E-state index < -0.39 is 0 Å². The van der Waals surface area contributed by atoms with Crippen LogP contribution in [0.25, 0.3) is 5.65 Å². The molecule has 2 heterocycles. The Labute approximate surface area is 136 Å². The van der Waals surface area contributed by atoms with Crippen molar-refractivity contribution in [1.82, 2.24) is 14.3 Å². The molecule has 1 amide bonds. The Morgan fingerprint density at radius 1 is 1.13 bits per heavy atom. The second-order valence-corrected chi connectivity index (χ2v) is 5.81. The maximum Gasteiger partial charge on any atom is 0.223 e. The highest BCUT2D eigenvalue weighted by Crippen LogP contribution is 2.14. The highest BCUT2D eigenvalue weighted by atomic mass is 16.2. The largest absolute Gasteiger partial charge is 0.341 e. The Morgan fingerprint density at radius 2 is 1.87 bits per heavy atom. The number of hydrogen-bond donors (Lipinski definition) is 0. The van der Waals surface area contributed by atoms with Crippen LogP contribution in [0.15, 0.2) is 54.7 Å². The first-order valence-corrected chi connectivity index (χ1v) is 7.85. The van der Waals surface area contributed by atoms with Crippen molar-refractivity contribution in [1.29, 1.82) is 0 Å². The fraction of sp³-hybridized carbons (Fsp3) is 0.263. The number of carbonyl (C=O) groups excluding carboxylic acids is 1. The summed E-state index contributed by atoms with van der Waals surface area (Å²) < 4.78 is 2.07. The number of aromatic nitrogens is 2. The lowest BCUT2D eigenvalue weighted by Gasteiger charge is -2.17. The minimum absolute atomic E-state index is 0.152. The molecule has 2 aromatic heterocycles. The SMILES string of the molecule is Cc1nc2ccccn2c1CCC(=O)N(C)Cc1ccccc1. The second kappa shape index (κ2) is 6.65. The molecule has 0 N–H and O–H groups in total. The van der Waals surface area contributed by atoms with Gasteiger partial charge in [0.15, 0.2) is 0 Å². The summed E-state index contributed by atoms with van der Waals surface area (Å²) in [6.45, 7) is 2.65. The van der Waals surface area contributed by atoms with E-state index in [4.69, 9.17) is 0 Å². The summed E-state index contributed by atoms with van der Waals surface area (Å²) in [6, 6.07) is 16.0. The first-order valence-electron chi connectivity index (χ1n) is 7.85. The highest BCUT2D eigenvalue weighted by Gasteiger charge is 2.13. The summed E-state index contributed by atoms with van der Waals surface area (Å²) in [5.41, 5.74) is 4.19. The van der Waals surface area contributed by atoms with Gasteiger partial charge in [-0.1, -0.05) is 36.4 Å². The Kier molecular flexibility index (Phi) is 4.42. The quantitative estimate of drug-likeness (QED) is 0.726. The van der Waals surface area contributed by atoms with E-state index in [0.717, 1.165) is 22.6 Å². The molecule has 3 aromatic rings. The van der Waals surface area contributed by atoms with Gasteiger partial charge in [0.1, 0.15) is 5.65 Å². The van der Waals surface area contributed by atoms with Crippen molar-refractivity contribution in [3.8, 4) is 0 Å². The van der Waals surface area contributed by atoms with Crippen LogP contribution in [0, 0.1) is 6.92 Å². The van der Waals surface area contributed by atoms with Crippen LogP contribution in [-0.4, -0.2) is 27.2 Å². The molecule has 0 spiro atoms. The number of amides is 1. The minimum atomic E-state index is 0.152. The van der Waals surface area contributed by atoms with E-state index >= 15 is 0 Å². The summed E-state index contributed by atoms with van der Waals surface area (Å²) in [5, 5.41) is 0. The maximum atomic E-state index is 12.4. The van der Waals surface area contributed by atoms with Crippen molar-refractivity contribution in [2.24, 2.45) is 0 Å². The van der Waals surface area contributed by atoms with Gasteiger partial charge in [-0.2, -0.15) is 0 Å². The number of carbonyl (C=O) groups is 1. The number of aryl methyl sites for hydroxylation is 2. The van der Waals surface area contributed by atoms with E-state index in [1.165, 1.54) is 0 Å². The topological polar surface area (TPSA) is 37.6 Å². The molecule has 4 heteroatoms. The van der Waals surface area contributed by atoms with E-state index in [9.17, 15) is 4.79 Å². The minimum Gasteiger partial charge on any atom is -0.341 e. The van der Waals surface area contributed by atoms with Gasteiger partial charge in [0, 0.05) is 31.9 Å². The van der Waals surface area contributed by atoms with E-state index in [2.05, 4.69) is 9.38 Å². The number of rotatable bonds is 5. The molecule has 0 aliphatic carbocycles. The first kappa shape index (κ1) is 15.3. The van der Waals surface area contributed by atoms with E-state index in [-0.39, 0.29) is 5.91 Å². The summed E-state index contributed by atoms with van der Waals surface area (Å²) in [6.07, 6.45) is 3.20. The van der Waals surface area contributed by atoms with Crippen LogP contribution in [0.5, 0.6) is 0 Å². The van der Waals surface area contributed by atoms with Gasteiger partial charge in [-0.05, 0) is 31.0 Å². The van der Waals surface area contributed by atoms with Gasteiger partial charge >= 0.3 is 0 Å². The predicted molar refractivity (Wildman–Crippen MR) is 91.2 cm³/mol. The zero-order chi connectivity index (χ0) is 16.2. The lowest BCUT2D eigenvalue weighted by atomic mass is 10.1. The predicted octanol–water partition coefficient (Wildman–Crippen LogP) is 3.23. The third kappa shape index (κ3) is 3.42. The number of imidazole rings is 1. The van der Waals surface area contributed by atoms with Crippen LogP contribution in [-0.2, 0) is 17.8 Å². The van der Waals surface area contributed by atoms with Gasteiger partial charge in [0.05, 0.1) is 5.69 Å². The lowest BCUT2D eigenvalue weighted by molar-refractivity contribution is -0.130. The van der Waals surface area contributed by atoms with Crippen LogP contribution in [0.4, 0.5) is 0 Å². The van der Waals surface area contributed by atoms with Gasteiger partial charge in [-0.15, -0.1) is 0 Å². The molecule has 4 nitrogen and oxygen atoms in total. The molecular weight excluding hydrogens is 286 g/mol. The van der Waals surface area contributed by atoms with E-state index in [1.54, 1.807) is 4.90 Å². The Morgan fingerprint density at radius 3 is 2.65 bits per heavy atom. The van der Waals surface area contributed by atoms with E-state index in [0.29, 0.717) is 19.4 Å². The molecule has 0 atom stereocenters. The number of fused-ring (bicyclic) bond motifs is 1. The molecule has 23 heavy (non-hydrogen) atoms. The monoisotopic (exact) mass is 307 g/mol. The molecular formula is C19H21N3O. The molecule has 0 aliphatic heterocycles. The van der Waals surface area contributed by atoms with Crippen molar-refractivity contribution in [3.05, 3.63) is 71.7 Å². The molecule has 1 aromatic carbocycles. The van der Waals surface area contributed by atoms with Crippen LogP contribution < -0.4 is 0 Å². The van der Waals surface area contributed by atoms with Crippen molar-refractivity contribution in [2.75, 3.05) is 7.05 Å². The average Bonchev–Trinajstić information content (AvgIpc) is 2.88. The lowest BCUT2D eigenvalue weighted by Crippen LogP contribution is -2.26. The van der Waals surface area contributed by atoms with Crippen LogP contribution in [0.3, 0.4) is 0 Å². The zero-order valence-corrected chi connectivity index (χ0v) is 13.6. The Balaban J connectivity index is 1.65. The van der Waals surface area contributed by atoms with E-state index in [1.807, 2.05) is 68.7 Å². The van der Waals surface area contributed by atoms with Crippen LogP contribution >= 0.6 is 0 Å². The summed E-state index contributed by atoms with van der Waals surface area (Å²) >= 11 is 0. The van der Waals surface area contributed by atoms with Crippen LogP contribution in [0.1, 0.15) is 23.4 Å². The number of pyridine rings is 1. The van der Waals surface area contributed by atoms with Crippen molar-refractivity contribution >= 4 is 11.6 Å². The number of nitrogens with zero attached hydrogens (tertiary/aromatic N) is 3. The average molecular weight is 307 g/mol. The summed E-state index contributed by atoms with van der Waals surface area (Å²) in [4.78, 5) is 18.7. The second-order valence-electron chi connectivity index (χ2n) is 5.81. The van der Waals surface area contributed by atoms with Crippen LogP contribution in [0.2, 0.25) is 0 Å². The molecule has 0 saturated carbocycles. The fourth-order valence-corrected chi connectivity index (χ4v) is 2.83. The summed E-state index contributed by atoms with van der Waals surface area (Å²) in [5.74, 6) is 0.152. The van der Waals surface area contributed by atoms with Crippen molar-refractivity contribution in [2.45, 2.75) is 26.3 Å². The van der Waals surface area contributed by atoms with Gasteiger partial charge in [0.25, 0.3) is 0 Å². The van der Waals surface area contributed by atoms with Gasteiger partial charge in [-0.3, -0.25) is 4.79 Å². The molecule has 0 saturated heterocycles. The number of hydrogen-bond acceptors (Lipinski definition) is 2. The fourth-order valence-electron chi connectivity index (χ4n) is 2.83. The molecule has 0 fully saturated rings. The third-order valence-corrected chi connectivity index (χ3v) is 4.09. The Hall–Kier alpha value is -2.62. The number of benzene rings is 1. The maximum absolute atomic E-state index is 12.4. The first-order chi connectivity index (χ1) is 11.1. The molecule has 0 unspecified atom stereocenters. The smallest absolute Gasteiger partial charge is 0.223 e. The van der Waals surface area contributed by atoms with Gasteiger partial charge < -0.3 is 9.30 Å². The van der Waals surface area contributed by atoms with Gasteiger partial charge in [-0.25, -0.2) is 4.98 Å². The highest BCUT2D eigenvalue weighted by molar-refractivity contribution is 5.76. The normalized spacial score (nSPS) is 10.9. The van der Waals surface area contributed by atoms with Gasteiger partial charge in [0.2, 0.25) is 5.91 Å². The molecule has 0 radical (unpaired) electrons. The van der Waals surface area contributed by atoms with Crippen molar-refractivity contribution in [3.63, 3.8) is 0 Å². The summed E-state index contributed by atoms with van der Waals surface area (Å²) in [7, 11) is 1.86. The van der Waals surface area contributed by atoms with Crippen molar-refractivity contribution < 1.29 is 4.79 Å². The molecule has 0 aliphatic rings. The zero-order valence-electron chi connectivity index (χ0n) is 13.6. The third-order valence-electron chi connectivity index (χ3n) is 4.09. The molecule has 0 bridgehead atoms. The standard InChI is InChI=1S/C19H21N3O/c1-15-17(22-13-7-6-10-18(22)20-15)11-12-19(23)21(2)14-16-8-4-3-5-9-16/h3-10,13H,11-12,14H2,1-2H3.